The average molecular weight is 382 g/mol. The molecule has 2 amide bonds. The lowest BCUT2D eigenvalue weighted by molar-refractivity contribution is -0.121. The molecule has 0 spiro atoms. The number of rotatable bonds is 9. The molecule has 0 unspecified atom stereocenters. The maximum atomic E-state index is 12.5. The molecule has 0 aliphatic carbocycles. The Morgan fingerprint density at radius 3 is 2.31 bits per heavy atom. The van der Waals surface area contributed by atoms with Gasteiger partial charge in [0.15, 0.2) is 0 Å². The third kappa shape index (κ3) is 6.93. The molecule has 1 aromatic carbocycles. The number of likely N-dealkylation sites (N-methyl/N-ethyl adjacent to an activating group) is 1. The molecular formula is C17H26N4O4S. The van der Waals surface area contributed by atoms with E-state index >= 15 is 0 Å². The van der Waals surface area contributed by atoms with Gasteiger partial charge in [0.25, 0.3) is 5.91 Å². The summed E-state index contributed by atoms with van der Waals surface area (Å²) in [5.41, 5.74) is 3.66. The number of nitrogens with zero attached hydrogens (tertiary/aromatic N) is 2. The van der Waals surface area contributed by atoms with Gasteiger partial charge >= 0.3 is 0 Å². The molecular weight excluding hydrogens is 356 g/mol. The fraction of sp³-hybridized carbons (Fsp3) is 0.471. The summed E-state index contributed by atoms with van der Waals surface area (Å²) in [5.74, 6) is -0.758. The summed E-state index contributed by atoms with van der Waals surface area (Å²) < 4.78 is 26.0. The molecule has 0 aliphatic heterocycles. The molecule has 2 N–H and O–H groups in total. The van der Waals surface area contributed by atoms with E-state index in [1.165, 1.54) is 38.2 Å². The third-order valence-corrected chi connectivity index (χ3v) is 5.33. The summed E-state index contributed by atoms with van der Waals surface area (Å²) in [6.45, 7) is 4.89. The predicted molar refractivity (Wildman–Crippen MR) is 101 cm³/mol. The Balaban J connectivity index is 2.71. The highest BCUT2D eigenvalue weighted by molar-refractivity contribution is 7.89. The van der Waals surface area contributed by atoms with Gasteiger partial charge in [-0.1, -0.05) is 13.3 Å². The maximum Gasteiger partial charge on any atom is 0.255 e. The highest BCUT2D eigenvalue weighted by Gasteiger charge is 2.22. The molecule has 9 heteroatoms. The van der Waals surface area contributed by atoms with Crippen LogP contribution < -0.4 is 10.7 Å². The summed E-state index contributed by atoms with van der Waals surface area (Å²) in [6.07, 6.45) is 2.79. The minimum absolute atomic E-state index is 0.0320. The Morgan fingerprint density at radius 1 is 1.15 bits per heavy atom. The van der Waals surface area contributed by atoms with Crippen molar-refractivity contribution >= 4 is 33.2 Å². The van der Waals surface area contributed by atoms with Crippen LogP contribution in [-0.4, -0.2) is 43.8 Å². The van der Waals surface area contributed by atoms with Crippen LogP contribution in [0.25, 0.3) is 0 Å². The van der Waals surface area contributed by atoms with Gasteiger partial charge in [0.05, 0.1) is 11.4 Å². The van der Waals surface area contributed by atoms with E-state index in [0.717, 1.165) is 29.3 Å². The van der Waals surface area contributed by atoms with E-state index in [9.17, 15) is 18.0 Å². The van der Waals surface area contributed by atoms with E-state index in [-0.39, 0.29) is 17.3 Å². The first-order valence-electron chi connectivity index (χ1n) is 8.32. The molecule has 0 fully saturated rings. The summed E-state index contributed by atoms with van der Waals surface area (Å²) in [6, 6.07) is 5.73. The monoisotopic (exact) mass is 382 g/mol. The summed E-state index contributed by atoms with van der Waals surface area (Å²) in [4.78, 5) is 22.9. The molecule has 0 saturated carbocycles. The molecule has 144 valence electrons. The number of nitrogens with one attached hydrogen (secondary N) is 2. The number of carbonyl (C=O) groups excluding carboxylic acids is 2. The van der Waals surface area contributed by atoms with Crippen molar-refractivity contribution in [2.75, 3.05) is 18.9 Å². The SMILES string of the molecule is CCCC/C(C)=N/NC(=O)CN(C)S(=O)(=O)c1ccc(NC(C)=O)cc1. The van der Waals surface area contributed by atoms with Gasteiger partial charge in [-0.05, 0) is 44.0 Å². The van der Waals surface area contributed by atoms with Crippen molar-refractivity contribution in [2.24, 2.45) is 5.10 Å². The molecule has 0 aromatic heterocycles. The Labute approximate surface area is 154 Å². The standard InChI is InChI=1S/C17H26N4O4S/c1-5-6-7-13(2)19-20-17(23)12-21(4)26(24,25)16-10-8-15(9-11-16)18-14(3)22/h8-11H,5-7,12H2,1-4H3,(H,18,22)(H,20,23)/b19-13+. The minimum Gasteiger partial charge on any atom is -0.326 e. The van der Waals surface area contributed by atoms with Gasteiger partial charge in [-0.25, -0.2) is 13.8 Å². The van der Waals surface area contributed by atoms with Crippen molar-refractivity contribution < 1.29 is 18.0 Å². The van der Waals surface area contributed by atoms with Crippen LogP contribution in [0.3, 0.4) is 0 Å². The lowest BCUT2D eigenvalue weighted by atomic mass is 10.2. The smallest absolute Gasteiger partial charge is 0.255 e. The third-order valence-electron chi connectivity index (χ3n) is 3.51. The maximum absolute atomic E-state index is 12.5. The molecule has 1 rings (SSSR count). The molecule has 0 saturated heterocycles. The second kappa shape index (κ2) is 10.0. The highest BCUT2D eigenvalue weighted by atomic mass is 32.2. The molecule has 0 bridgehead atoms. The number of hydrazone groups is 1. The Kier molecular flexibility index (Phi) is 8.40. The minimum atomic E-state index is -3.82. The van der Waals surface area contributed by atoms with Crippen molar-refractivity contribution in [3.05, 3.63) is 24.3 Å². The van der Waals surface area contributed by atoms with Crippen LogP contribution in [-0.2, 0) is 19.6 Å². The van der Waals surface area contributed by atoms with Crippen molar-refractivity contribution in [1.82, 2.24) is 9.73 Å². The van der Waals surface area contributed by atoms with E-state index in [1.807, 2.05) is 6.92 Å². The summed E-state index contributed by atoms with van der Waals surface area (Å²) >= 11 is 0. The van der Waals surface area contributed by atoms with Crippen LogP contribution in [0.4, 0.5) is 5.69 Å². The molecule has 0 aliphatic rings. The van der Waals surface area contributed by atoms with E-state index in [0.29, 0.717) is 5.69 Å². The lowest BCUT2D eigenvalue weighted by Crippen LogP contribution is -2.36. The molecule has 1 aromatic rings. The zero-order chi connectivity index (χ0) is 19.7. The van der Waals surface area contributed by atoms with Crippen LogP contribution >= 0.6 is 0 Å². The van der Waals surface area contributed by atoms with Crippen molar-refractivity contribution in [1.29, 1.82) is 0 Å². The number of hydrogen-bond acceptors (Lipinski definition) is 5. The molecule has 0 heterocycles. The first-order chi connectivity index (χ1) is 12.2. The van der Waals surface area contributed by atoms with Crippen LogP contribution in [0.1, 0.15) is 40.0 Å². The van der Waals surface area contributed by atoms with Gasteiger partial charge in [0.2, 0.25) is 15.9 Å². The van der Waals surface area contributed by atoms with E-state index in [2.05, 4.69) is 22.8 Å². The van der Waals surface area contributed by atoms with Gasteiger partial charge in [-0.3, -0.25) is 9.59 Å². The molecule has 0 radical (unpaired) electrons. The van der Waals surface area contributed by atoms with Crippen molar-refractivity contribution in [3.8, 4) is 0 Å². The predicted octanol–water partition coefficient (Wildman–Crippen LogP) is 1.95. The summed E-state index contributed by atoms with van der Waals surface area (Å²) in [5, 5.41) is 6.52. The van der Waals surface area contributed by atoms with E-state index < -0.39 is 15.9 Å². The summed E-state index contributed by atoms with van der Waals surface area (Å²) in [7, 11) is -2.50. The van der Waals surface area contributed by atoms with Gasteiger partial charge in [-0.15, -0.1) is 0 Å². The Morgan fingerprint density at radius 2 is 1.77 bits per heavy atom. The van der Waals surface area contributed by atoms with Crippen LogP contribution in [0.5, 0.6) is 0 Å². The van der Waals surface area contributed by atoms with Crippen LogP contribution in [0, 0.1) is 0 Å². The van der Waals surface area contributed by atoms with Crippen LogP contribution in [0.2, 0.25) is 0 Å². The van der Waals surface area contributed by atoms with Gasteiger partial charge < -0.3 is 5.32 Å². The van der Waals surface area contributed by atoms with Gasteiger partial charge in [0, 0.05) is 25.4 Å². The quantitative estimate of drug-likeness (QED) is 0.503. The zero-order valence-electron chi connectivity index (χ0n) is 15.6. The van der Waals surface area contributed by atoms with Gasteiger partial charge in [-0.2, -0.15) is 9.41 Å². The second-order valence-electron chi connectivity index (χ2n) is 5.95. The molecule has 0 atom stereocenters. The Hall–Kier alpha value is -2.26. The second-order valence-corrected chi connectivity index (χ2v) is 8.00. The number of unbranched alkanes of at least 4 members (excludes halogenated alkanes) is 1. The van der Waals surface area contributed by atoms with Crippen molar-refractivity contribution in [2.45, 2.75) is 44.9 Å². The van der Waals surface area contributed by atoms with Crippen LogP contribution in [0.15, 0.2) is 34.3 Å². The first-order valence-corrected chi connectivity index (χ1v) is 9.76. The normalized spacial score (nSPS) is 12.1. The Bertz CT molecular complexity index is 757. The average Bonchev–Trinajstić information content (AvgIpc) is 2.58. The number of benzene rings is 1. The molecule has 26 heavy (non-hydrogen) atoms. The van der Waals surface area contributed by atoms with E-state index in [4.69, 9.17) is 0 Å². The fourth-order valence-electron chi connectivity index (χ4n) is 2.06. The number of hydrogen-bond donors (Lipinski definition) is 2. The van der Waals surface area contributed by atoms with Crippen molar-refractivity contribution in [3.63, 3.8) is 0 Å². The first kappa shape index (κ1) is 21.8. The number of anilines is 1. The highest BCUT2D eigenvalue weighted by Crippen LogP contribution is 2.17. The largest absolute Gasteiger partial charge is 0.326 e. The number of amides is 2. The molecule has 8 nitrogen and oxygen atoms in total. The zero-order valence-corrected chi connectivity index (χ0v) is 16.4. The number of carbonyl (C=O) groups is 2. The van der Waals surface area contributed by atoms with E-state index in [1.54, 1.807) is 0 Å². The topological polar surface area (TPSA) is 108 Å². The van der Waals surface area contributed by atoms with Gasteiger partial charge in [0.1, 0.15) is 0 Å². The number of sulfonamides is 1. The fourth-order valence-corrected chi connectivity index (χ4v) is 3.19. The lowest BCUT2D eigenvalue weighted by Gasteiger charge is -2.16.